The third-order valence-corrected chi connectivity index (χ3v) is 9.54. The molecule has 0 bridgehead atoms. The summed E-state index contributed by atoms with van der Waals surface area (Å²) in [5.74, 6) is 0.752. The molecule has 38 heavy (non-hydrogen) atoms. The lowest BCUT2D eigenvalue weighted by Gasteiger charge is -2.46. The van der Waals surface area contributed by atoms with E-state index in [1.54, 1.807) is 11.8 Å². The van der Waals surface area contributed by atoms with Gasteiger partial charge in [-0.15, -0.1) is 11.8 Å². The van der Waals surface area contributed by atoms with Gasteiger partial charge < -0.3 is 0 Å². The van der Waals surface area contributed by atoms with Gasteiger partial charge in [0.25, 0.3) is 0 Å². The normalized spacial score (nSPS) is 20.7. The van der Waals surface area contributed by atoms with Crippen LogP contribution in [0.2, 0.25) is 0 Å². The second-order valence-electron chi connectivity index (χ2n) is 10.7. The minimum atomic E-state index is -0.314. The standard InChI is InChI=1S/C32H35BrN2O2S/c1-22-8-14-26(15-9-22)34-30(20-24-6-4-3-5-7-24)29(21-38-28-18-12-25(33)13-19-28)31(36)35(32(34)37)27-16-10-23(2)11-17-27/h8-19,24,29-30H,3-7,20-21H2,1-2H3/t29-,30+/m0/s1. The van der Waals surface area contributed by atoms with Crippen molar-refractivity contribution in [3.63, 3.8) is 0 Å². The molecule has 1 saturated carbocycles. The highest BCUT2D eigenvalue weighted by Crippen LogP contribution is 2.40. The fraction of sp³-hybridized carbons (Fsp3) is 0.375. The van der Waals surface area contributed by atoms with E-state index in [2.05, 4.69) is 47.1 Å². The molecular weight excluding hydrogens is 556 g/mol. The summed E-state index contributed by atoms with van der Waals surface area (Å²) in [5, 5.41) is 0. The third-order valence-electron chi connectivity index (χ3n) is 7.88. The first kappa shape index (κ1) is 27.0. The summed E-state index contributed by atoms with van der Waals surface area (Å²) in [5.41, 5.74) is 3.75. The summed E-state index contributed by atoms with van der Waals surface area (Å²) in [7, 11) is 0. The Morgan fingerprint density at radius 1 is 0.789 bits per heavy atom. The van der Waals surface area contributed by atoms with Gasteiger partial charge in [0.05, 0.1) is 17.6 Å². The molecule has 3 aromatic rings. The maximum atomic E-state index is 14.2. The van der Waals surface area contributed by atoms with Gasteiger partial charge in [0.1, 0.15) is 0 Å². The van der Waals surface area contributed by atoms with Crippen LogP contribution in [0.25, 0.3) is 0 Å². The van der Waals surface area contributed by atoms with Gasteiger partial charge in [-0.25, -0.2) is 9.69 Å². The van der Waals surface area contributed by atoms with E-state index >= 15 is 0 Å². The molecule has 4 nitrogen and oxygen atoms in total. The monoisotopic (exact) mass is 590 g/mol. The molecule has 0 radical (unpaired) electrons. The molecule has 1 aliphatic heterocycles. The van der Waals surface area contributed by atoms with Crippen molar-refractivity contribution in [2.45, 2.75) is 63.3 Å². The van der Waals surface area contributed by atoms with Crippen molar-refractivity contribution in [3.8, 4) is 0 Å². The van der Waals surface area contributed by atoms with Crippen LogP contribution < -0.4 is 9.80 Å². The molecule has 0 unspecified atom stereocenters. The van der Waals surface area contributed by atoms with E-state index in [0.29, 0.717) is 17.4 Å². The average Bonchev–Trinajstić information content (AvgIpc) is 2.92. The Balaban J connectivity index is 1.55. The van der Waals surface area contributed by atoms with Crippen LogP contribution in [0.5, 0.6) is 0 Å². The Labute approximate surface area is 238 Å². The first-order valence-corrected chi connectivity index (χ1v) is 15.4. The molecule has 2 atom stereocenters. The maximum absolute atomic E-state index is 14.2. The maximum Gasteiger partial charge on any atom is 0.336 e. The molecule has 0 spiro atoms. The molecule has 3 aromatic carbocycles. The first-order valence-electron chi connectivity index (χ1n) is 13.6. The third kappa shape index (κ3) is 6.02. The number of urea groups is 1. The predicted molar refractivity (Wildman–Crippen MR) is 161 cm³/mol. The molecule has 6 heteroatoms. The van der Waals surface area contributed by atoms with Gasteiger partial charge in [0.2, 0.25) is 5.91 Å². The molecule has 3 amide bonds. The van der Waals surface area contributed by atoms with Gasteiger partial charge in [-0.3, -0.25) is 9.69 Å². The number of nitrogens with zero attached hydrogens (tertiary/aromatic N) is 2. The van der Waals surface area contributed by atoms with Crippen molar-refractivity contribution in [3.05, 3.63) is 88.4 Å². The van der Waals surface area contributed by atoms with E-state index in [1.807, 2.05) is 60.4 Å². The van der Waals surface area contributed by atoms with Crippen molar-refractivity contribution in [1.29, 1.82) is 0 Å². The Morgan fingerprint density at radius 2 is 1.37 bits per heavy atom. The lowest BCUT2D eigenvalue weighted by molar-refractivity contribution is -0.122. The fourth-order valence-corrected chi connectivity index (χ4v) is 7.06. The zero-order valence-electron chi connectivity index (χ0n) is 22.1. The van der Waals surface area contributed by atoms with Gasteiger partial charge in [-0.2, -0.15) is 0 Å². The van der Waals surface area contributed by atoms with Crippen LogP contribution in [0, 0.1) is 25.7 Å². The quantitative estimate of drug-likeness (QED) is 0.258. The average molecular weight is 592 g/mol. The number of aryl methyl sites for hydroxylation is 2. The molecule has 1 saturated heterocycles. The zero-order valence-corrected chi connectivity index (χ0v) is 24.5. The van der Waals surface area contributed by atoms with Crippen LogP contribution in [0.3, 0.4) is 0 Å². The largest absolute Gasteiger partial charge is 0.336 e. The number of carbonyl (C=O) groups is 2. The summed E-state index contributed by atoms with van der Waals surface area (Å²) < 4.78 is 1.03. The Hall–Kier alpha value is -2.57. The zero-order chi connectivity index (χ0) is 26.6. The number of imide groups is 1. The Kier molecular flexibility index (Phi) is 8.59. The molecule has 5 rings (SSSR count). The summed E-state index contributed by atoms with van der Waals surface area (Å²) >= 11 is 5.22. The van der Waals surface area contributed by atoms with Crippen molar-refractivity contribution in [2.24, 2.45) is 11.8 Å². The molecule has 2 fully saturated rings. The van der Waals surface area contributed by atoms with Gasteiger partial charge >= 0.3 is 6.03 Å². The van der Waals surface area contributed by atoms with Crippen LogP contribution in [-0.4, -0.2) is 23.7 Å². The van der Waals surface area contributed by atoms with Crippen molar-refractivity contribution >= 4 is 51.0 Å². The van der Waals surface area contributed by atoms with E-state index in [9.17, 15) is 9.59 Å². The summed E-state index contributed by atoms with van der Waals surface area (Å²) in [6.07, 6.45) is 6.96. The Morgan fingerprint density at radius 3 is 1.97 bits per heavy atom. The van der Waals surface area contributed by atoms with E-state index in [-0.39, 0.29) is 23.9 Å². The Bertz CT molecular complexity index is 1250. The SMILES string of the molecule is Cc1ccc(N2C(=O)[C@@H](CSc3ccc(Br)cc3)[C@@H](CC3CCCCC3)N(c3ccc(C)cc3)C2=O)cc1. The number of hydrogen-bond acceptors (Lipinski definition) is 3. The summed E-state index contributed by atoms with van der Waals surface area (Å²) in [6.45, 7) is 4.07. The summed E-state index contributed by atoms with van der Waals surface area (Å²) in [6, 6.07) is 23.7. The molecular formula is C32H35BrN2O2S. The van der Waals surface area contributed by atoms with Gasteiger partial charge in [-0.05, 0) is 74.7 Å². The second kappa shape index (κ2) is 12.1. The number of anilines is 2. The highest BCUT2D eigenvalue weighted by atomic mass is 79.9. The van der Waals surface area contributed by atoms with Crippen LogP contribution in [0.4, 0.5) is 16.2 Å². The molecule has 0 aromatic heterocycles. The minimum Gasteiger partial charge on any atom is -0.290 e. The number of amides is 3. The molecule has 198 valence electrons. The predicted octanol–water partition coefficient (Wildman–Crippen LogP) is 8.79. The lowest BCUT2D eigenvalue weighted by atomic mass is 9.80. The molecule has 1 heterocycles. The topological polar surface area (TPSA) is 40.6 Å². The smallest absolute Gasteiger partial charge is 0.290 e. The highest BCUT2D eigenvalue weighted by molar-refractivity contribution is 9.10. The number of hydrogen-bond donors (Lipinski definition) is 0. The number of rotatable bonds is 7. The van der Waals surface area contributed by atoms with Gasteiger partial charge in [0, 0.05) is 20.8 Å². The van der Waals surface area contributed by atoms with Crippen LogP contribution >= 0.6 is 27.7 Å². The van der Waals surface area contributed by atoms with E-state index in [4.69, 9.17) is 0 Å². The number of halogens is 1. The number of thioether (sulfide) groups is 1. The van der Waals surface area contributed by atoms with Gasteiger partial charge in [-0.1, -0.05) is 83.4 Å². The second-order valence-corrected chi connectivity index (χ2v) is 12.7. The molecule has 1 aliphatic carbocycles. The van der Waals surface area contributed by atoms with E-state index < -0.39 is 0 Å². The minimum absolute atomic E-state index is 0.0902. The van der Waals surface area contributed by atoms with Crippen LogP contribution in [0.1, 0.15) is 49.7 Å². The van der Waals surface area contributed by atoms with E-state index in [0.717, 1.165) is 32.6 Å². The number of carbonyl (C=O) groups excluding carboxylic acids is 2. The van der Waals surface area contributed by atoms with Crippen LogP contribution in [-0.2, 0) is 4.79 Å². The van der Waals surface area contributed by atoms with Crippen LogP contribution in [0.15, 0.2) is 82.2 Å². The van der Waals surface area contributed by atoms with E-state index in [1.165, 1.54) is 37.0 Å². The van der Waals surface area contributed by atoms with Crippen molar-refractivity contribution < 1.29 is 9.59 Å². The van der Waals surface area contributed by atoms with Gasteiger partial charge in [0.15, 0.2) is 0 Å². The first-order chi connectivity index (χ1) is 18.4. The molecule has 0 N–H and O–H groups in total. The van der Waals surface area contributed by atoms with Crippen molar-refractivity contribution in [2.75, 3.05) is 15.6 Å². The van der Waals surface area contributed by atoms with Crippen molar-refractivity contribution in [1.82, 2.24) is 0 Å². The lowest BCUT2D eigenvalue weighted by Crippen LogP contribution is -2.63. The molecule has 2 aliphatic rings. The fourth-order valence-electron chi connectivity index (χ4n) is 5.73. The summed E-state index contributed by atoms with van der Waals surface area (Å²) in [4.78, 5) is 32.9. The number of benzene rings is 3. The highest BCUT2D eigenvalue weighted by Gasteiger charge is 2.48.